The Kier molecular flexibility index (Phi) is 5.59. The fourth-order valence-corrected chi connectivity index (χ4v) is 2.13. The lowest BCUT2D eigenvalue weighted by Crippen LogP contribution is -2.46. The smallest absolute Gasteiger partial charge is 0.225 e. The van der Waals surface area contributed by atoms with Gasteiger partial charge in [0.25, 0.3) is 0 Å². The third-order valence-electron chi connectivity index (χ3n) is 3.33. The normalized spacial score (nSPS) is 18.8. The van der Waals surface area contributed by atoms with Gasteiger partial charge < -0.3 is 15.3 Å². The zero-order valence-electron chi connectivity index (χ0n) is 11.5. The van der Waals surface area contributed by atoms with Crippen LogP contribution in [0.1, 0.15) is 33.6 Å². The van der Waals surface area contributed by atoms with Gasteiger partial charge in [-0.2, -0.15) is 0 Å². The van der Waals surface area contributed by atoms with Crippen LogP contribution in [-0.2, 0) is 9.59 Å². The molecular weight excluding hydrogens is 232 g/mol. The first-order chi connectivity index (χ1) is 8.45. The van der Waals surface area contributed by atoms with E-state index in [1.54, 1.807) is 6.92 Å². The van der Waals surface area contributed by atoms with Crippen molar-refractivity contribution in [1.29, 1.82) is 0 Å². The fraction of sp³-hybridized carbons (Fsp3) is 0.846. The molecular formula is C13H24N2O3. The topological polar surface area (TPSA) is 69.6 Å². The van der Waals surface area contributed by atoms with E-state index in [-0.39, 0.29) is 36.3 Å². The van der Waals surface area contributed by atoms with Crippen LogP contribution in [0.2, 0.25) is 0 Å². The van der Waals surface area contributed by atoms with Gasteiger partial charge in [-0.1, -0.05) is 13.8 Å². The number of rotatable bonds is 4. The van der Waals surface area contributed by atoms with E-state index in [0.29, 0.717) is 25.9 Å². The molecule has 1 aliphatic heterocycles. The van der Waals surface area contributed by atoms with Gasteiger partial charge in [0.05, 0.1) is 6.61 Å². The van der Waals surface area contributed by atoms with Gasteiger partial charge >= 0.3 is 0 Å². The summed E-state index contributed by atoms with van der Waals surface area (Å²) in [7, 11) is 0. The van der Waals surface area contributed by atoms with Gasteiger partial charge in [-0.25, -0.2) is 0 Å². The zero-order chi connectivity index (χ0) is 13.7. The molecule has 0 bridgehead atoms. The van der Waals surface area contributed by atoms with Gasteiger partial charge in [-0.05, 0) is 19.8 Å². The SMILES string of the molecule is CC(CO)NC(=O)C1CCN(C(=O)C(C)C)CC1. The van der Waals surface area contributed by atoms with Crippen molar-refractivity contribution in [3.8, 4) is 0 Å². The lowest BCUT2D eigenvalue weighted by atomic mass is 9.95. The summed E-state index contributed by atoms with van der Waals surface area (Å²) >= 11 is 0. The second kappa shape index (κ2) is 6.73. The number of nitrogens with one attached hydrogen (secondary N) is 1. The Morgan fingerprint density at radius 3 is 2.28 bits per heavy atom. The molecule has 1 aliphatic rings. The monoisotopic (exact) mass is 256 g/mol. The first kappa shape index (κ1) is 15.0. The highest BCUT2D eigenvalue weighted by molar-refractivity contribution is 5.80. The van der Waals surface area contributed by atoms with E-state index in [0.717, 1.165) is 0 Å². The summed E-state index contributed by atoms with van der Waals surface area (Å²) in [6, 6.07) is -0.201. The average Bonchev–Trinajstić information content (AvgIpc) is 2.37. The second-order valence-corrected chi connectivity index (χ2v) is 5.35. The maximum absolute atomic E-state index is 11.9. The molecule has 0 aromatic heterocycles. The number of aliphatic hydroxyl groups excluding tert-OH is 1. The molecule has 5 heteroatoms. The molecule has 0 aliphatic carbocycles. The summed E-state index contributed by atoms with van der Waals surface area (Å²) in [5, 5.41) is 11.7. The molecule has 1 rings (SSSR count). The van der Waals surface area contributed by atoms with Gasteiger partial charge in [0.15, 0.2) is 0 Å². The van der Waals surface area contributed by atoms with E-state index >= 15 is 0 Å². The first-order valence-electron chi connectivity index (χ1n) is 6.65. The molecule has 5 nitrogen and oxygen atoms in total. The third kappa shape index (κ3) is 3.98. The molecule has 1 fully saturated rings. The molecule has 0 radical (unpaired) electrons. The summed E-state index contributed by atoms with van der Waals surface area (Å²) in [5.74, 6) is 0.144. The Morgan fingerprint density at radius 2 is 1.83 bits per heavy atom. The number of hydrogen-bond donors (Lipinski definition) is 2. The van der Waals surface area contributed by atoms with Gasteiger partial charge in [0.2, 0.25) is 11.8 Å². The molecule has 1 atom stereocenters. The largest absolute Gasteiger partial charge is 0.394 e. The van der Waals surface area contributed by atoms with Crippen LogP contribution in [-0.4, -0.2) is 47.6 Å². The summed E-state index contributed by atoms with van der Waals surface area (Å²) < 4.78 is 0. The standard InChI is InChI=1S/C13H24N2O3/c1-9(2)13(18)15-6-4-11(5-7-15)12(17)14-10(3)8-16/h9-11,16H,4-8H2,1-3H3,(H,14,17). The van der Waals surface area contributed by atoms with E-state index in [4.69, 9.17) is 5.11 Å². The molecule has 0 saturated carbocycles. The number of piperidine rings is 1. The van der Waals surface area contributed by atoms with Crippen LogP contribution in [0, 0.1) is 11.8 Å². The number of likely N-dealkylation sites (tertiary alicyclic amines) is 1. The number of amides is 2. The second-order valence-electron chi connectivity index (χ2n) is 5.35. The number of aliphatic hydroxyl groups is 1. The lowest BCUT2D eigenvalue weighted by Gasteiger charge is -2.32. The minimum absolute atomic E-state index is 0.00630. The highest BCUT2D eigenvalue weighted by Gasteiger charge is 2.28. The van der Waals surface area contributed by atoms with Crippen molar-refractivity contribution in [2.75, 3.05) is 19.7 Å². The van der Waals surface area contributed by atoms with Gasteiger partial charge in [-0.3, -0.25) is 9.59 Å². The van der Waals surface area contributed by atoms with Crippen LogP contribution >= 0.6 is 0 Å². The molecule has 104 valence electrons. The summed E-state index contributed by atoms with van der Waals surface area (Å²) in [6.07, 6.45) is 1.42. The lowest BCUT2D eigenvalue weighted by molar-refractivity contribution is -0.138. The number of carbonyl (C=O) groups excluding carboxylic acids is 2. The van der Waals surface area contributed by atoms with E-state index in [9.17, 15) is 9.59 Å². The van der Waals surface area contributed by atoms with E-state index in [2.05, 4.69) is 5.32 Å². The summed E-state index contributed by atoms with van der Waals surface area (Å²) in [5.41, 5.74) is 0. The maximum Gasteiger partial charge on any atom is 0.225 e. The molecule has 0 aromatic carbocycles. The zero-order valence-corrected chi connectivity index (χ0v) is 11.5. The molecule has 1 unspecified atom stereocenters. The average molecular weight is 256 g/mol. The van der Waals surface area contributed by atoms with Gasteiger partial charge in [0, 0.05) is 31.0 Å². The van der Waals surface area contributed by atoms with E-state index in [1.807, 2.05) is 18.7 Å². The Hall–Kier alpha value is -1.10. The number of nitrogens with zero attached hydrogens (tertiary/aromatic N) is 1. The Balaban J connectivity index is 2.39. The van der Waals surface area contributed by atoms with Gasteiger partial charge in [-0.15, -0.1) is 0 Å². The Morgan fingerprint density at radius 1 is 1.28 bits per heavy atom. The first-order valence-corrected chi connectivity index (χ1v) is 6.65. The molecule has 0 spiro atoms. The number of carbonyl (C=O) groups is 2. The van der Waals surface area contributed by atoms with Crippen LogP contribution in [0.5, 0.6) is 0 Å². The van der Waals surface area contributed by atoms with Crippen LogP contribution < -0.4 is 5.32 Å². The minimum atomic E-state index is -0.201. The predicted molar refractivity (Wildman–Crippen MR) is 68.8 cm³/mol. The van der Waals surface area contributed by atoms with Gasteiger partial charge in [0.1, 0.15) is 0 Å². The highest BCUT2D eigenvalue weighted by Crippen LogP contribution is 2.19. The van der Waals surface area contributed by atoms with Crippen LogP contribution in [0.3, 0.4) is 0 Å². The van der Waals surface area contributed by atoms with Crippen molar-refractivity contribution in [1.82, 2.24) is 10.2 Å². The number of hydrogen-bond acceptors (Lipinski definition) is 3. The molecule has 1 heterocycles. The maximum atomic E-state index is 11.9. The molecule has 2 amide bonds. The minimum Gasteiger partial charge on any atom is -0.394 e. The van der Waals surface area contributed by atoms with E-state index < -0.39 is 0 Å². The van der Waals surface area contributed by atoms with Crippen molar-refractivity contribution in [3.05, 3.63) is 0 Å². The molecule has 1 saturated heterocycles. The van der Waals surface area contributed by atoms with Crippen LogP contribution in [0.25, 0.3) is 0 Å². The van der Waals surface area contributed by atoms with Crippen molar-refractivity contribution in [3.63, 3.8) is 0 Å². The van der Waals surface area contributed by atoms with E-state index in [1.165, 1.54) is 0 Å². The quantitative estimate of drug-likeness (QED) is 0.764. The molecule has 0 aromatic rings. The summed E-state index contributed by atoms with van der Waals surface area (Å²) in [6.45, 7) is 6.82. The van der Waals surface area contributed by atoms with Crippen molar-refractivity contribution >= 4 is 11.8 Å². The third-order valence-corrected chi connectivity index (χ3v) is 3.33. The summed E-state index contributed by atoms with van der Waals surface area (Å²) in [4.78, 5) is 25.5. The fourth-order valence-electron chi connectivity index (χ4n) is 2.13. The van der Waals surface area contributed by atoms with Crippen molar-refractivity contribution < 1.29 is 14.7 Å². The molecule has 2 N–H and O–H groups in total. The highest BCUT2D eigenvalue weighted by atomic mass is 16.3. The Bertz CT molecular complexity index is 297. The predicted octanol–water partition coefficient (Wildman–Crippen LogP) is 0.378. The van der Waals surface area contributed by atoms with Crippen molar-refractivity contribution in [2.24, 2.45) is 11.8 Å². The van der Waals surface area contributed by atoms with Crippen molar-refractivity contribution in [2.45, 2.75) is 39.7 Å². The Labute approximate surface area is 109 Å². The van der Waals surface area contributed by atoms with Crippen LogP contribution in [0.4, 0.5) is 0 Å². The van der Waals surface area contributed by atoms with Crippen LogP contribution in [0.15, 0.2) is 0 Å². The molecule has 18 heavy (non-hydrogen) atoms.